The minimum Gasteiger partial charge on any atom is -0.457 e. The molecular formula is C36H54O. The van der Waals surface area contributed by atoms with Gasteiger partial charge in [0.15, 0.2) is 0 Å². The Labute approximate surface area is 229 Å². The third-order valence-corrected chi connectivity index (χ3v) is 8.43. The molecule has 0 saturated heterocycles. The summed E-state index contributed by atoms with van der Waals surface area (Å²) in [7, 11) is 0. The molecule has 0 bridgehead atoms. The van der Waals surface area contributed by atoms with Crippen molar-refractivity contribution in [1.29, 1.82) is 0 Å². The summed E-state index contributed by atoms with van der Waals surface area (Å²) in [4.78, 5) is 0. The van der Waals surface area contributed by atoms with Crippen molar-refractivity contribution in [2.24, 2.45) is 11.8 Å². The fourth-order valence-corrected chi connectivity index (χ4v) is 5.92. The van der Waals surface area contributed by atoms with Crippen LogP contribution in [0.1, 0.15) is 140 Å². The van der Waals surface area contributed by atoms with E-state index in [1.165, 1.54) is 114 Å². The lowest BCUT2D eigenvalue weighted by molar-refractivity contribution is 0.302. The zero-order valence-electron chi connectivity index (χ0n) is 24.3. The molecule has 0 amide bonds. The molecule has 0 radical (unpaired) electrons. The highest BCUT2D eigenvalue weighted by atomic mass is 16.5. The van der Waals surface area contributed by atoms with Gasteiger partial charge in [0.05, 0.1) is 0 Å². The summed E-state index contributed by atoms with van der Waals surface area (Å²) in [6.07, 6.45) is 21.8. The van der Waals surface area contributed by atoms with Crippen LogP contribution in [0.3, 0.4) is 0 Å². The van der Waals surface area contributed by atoms with E-state index in [1.54, 1.807) is 0 Å². The SMILES string of the molecule is C=C(Oc1ccc(C2CCC(CCCCCC)CC2)cc1)c1ccc(CCCCCCCC(C)C)cc1. The van der Waals surface area contributed by atoms with Crippen molar-refractivity contribution < 1.29 is 4.74 Å². The lowest BCUT2D eigenvalue weighted by Gasteiger charge is -2.29. The van der Waals surface area contributed by atoms with Gasteiger partial charge in [0.2, 0.25) is 0 Å². The fraction of sp³-hybridized carbons (Fsp3) is 0.611. The topological polar surface area (TPSA) is 9.23 Å². The summed E-state index contributed by atoms with van der Waals surface area (Å²) >= 11 is 0. The second-order valence-corrected chi connectivity index (χ2v) is 12.1. The molecule has 1 fully saturated rings. The molecule has 204 valence electrons. The lowest BCUT2D eigenvalue weighted by Crippen LogP contribution is -2.13. The molecule has 2 aromatic carbocycles. The Kier molecular flexibility index (Phi) is 13.4. The number of hydrogen-bond donors (Lipinski definition) is 0. The largest absolute Gasteiger partial charge is 0.457 e. The molecule has 0 unspecified atom stereocenters. The number of aryl methyl sites for hydroxylation is 1. The van der Waals surface area contributed by atoms with E-state index in [0.29, 0.717) is 0 Å². The highest BCUT2D eigenvalue weighted by Crippen LogP contribution is 2.38. The summed E-state index contributed by atoms with van der Waals surface area (Å²) in [5, 5.41) is 0. The van der Waals surface area contributed by atoms with Crippen LogP contribution in [-0.2, 0) is 6.42 Å². The summed E-state index contributed by atoms with van der Waals surface area (Å²) < 4.78 is 6.12. The molecule has 37 heavy (non-hydrogen) atoms. The molecule has 0 heterocycles. The normalized spacial score (nSPS) is 17.7. The van der Waals surface area contributed by atoms with E-state index in [0.717, 1.165) is 34.8 Å². The van der Waals surface area contributed by atoms with Gasteiger partial charge in [-0.25, -0.2) is 0 Å². The predicted octanol–water partition coefficient (Wildman–Crippen LogP) is 11.5. The van der Waals surface area contributed by atoms with Gasteiger partial charge in [-0.2, -0.15) is 0 Å². The van der Waals surface area contributed by atoms with Crippen molar-refractivity contribution in [3.63, 3.8) is 0 Å². The van der Waals surface area contributed by atoms with Crippen LogP contribution in [0, 0.1) is 11.8 Å². The van der Waals surface area contributed by atoms with Crippen LogP contribution < -0.4 is 4.74 Å². The predicted molar refractivity (Wildman–Crippen MR) is 162 cm³/mol. The average Bonchev–Trinajstić information content (AvgIpc) is 2.91. The van der Waals surface area contributed by atoms with Gasteiger partial charge in [-0.3, -0.25) is 0 Å². The van der Waals surface area contributed by atoms with E-state index in [1.807, 2.05) is 0 Å². The molecule has 2 aromatic rings. The second kappa shape index (κ2) is 16.7. The number of ether oxygens (including phenoxy) is 1. The van der Waals surface area contributed by atoms with Crippen LogP contribution in [0.15, 0.2) is 55.1 Å². The van der Waals surface area contributed by atoms with Crippen molar-refractivity contribution >= 4 is 5.76 Å². The highest BCUT2D eigenvalue weighted by molar-refractivity contribution is 5.60. The van der Waals surface area contributed by atoms with Crippen LogP contribution in [0.4, 0.5) is 0 Å². The lowest BCUT2D eigenvalue weighted by atomic mass is 9.77. The van der Waals surface area contributed by atoms with Crippen LogP contribution >= 0.6 is 0 Å². The van der Waals surface area contributed by atoms with Crippen molar-refractivity contribution in [1.82, 2.24) is 0 Å². The van der Waals surface area contributed by atoms with Gasteiger partial charge >= 0.3 is 0 Å². The summed E-state index contributed by atoms with van der Waals surface area (Å²) in [6, 6.07) is 17.6. The first-order chi connectivity index (χ1) is 18.0. The first-order valence-corrected chi connectivity index (χ1v) is 15.6. The van der Waals surface area contributed by atoms with E-state index in [4.69, 9.17) is 4.74 Å². The average molecular weight is 503 g/mol. The van der Waals surface area contributed by atoms with Crippen LogP contribution in [0.25, 0.3) is 5.76 Å². The molecular weight excluding hydrogens is 448 g/mol. The molecule has 0 spiro atoms. The van der Waals surface area contributed by atoms with Gasteiger partial charge in [-0.15, -0.1) is 0 Å². The Morgan fingerprint density at radius 2 is 1.43 bits per heavy atom. The maximum absolute atomic E-state index is 6.12. The van der Waals surface area contributed by atoms with Crippen molar-refractivity contribution in [2.75, 3.05) is 0 Å². The van der Waals surface area contributed by atoms with Crippen LogP contribution in [-0.4, -0.2) is 0 Å². The number of unbranched alkanes of at least 4 members (excludes halogenated alkanes) is 7. The minimum atomic E-state index is 0.719. The molecule has 1 aliphatic rings. The monoisotopic (exact) mass is 502 g/mol. The number of hydrogen-bond acceptors (Lipinski definition) is 1. The second-order valence-electron chi connectivity index (χ2n) is 12.1. The molecule has 3 rings (SSSR count). The van der Waals surface area contributed by atoms with Crippen molar-refractivity contribution in [2.45, 2.75) is 129 Å². The van der Waals surface area contributed by atoms with Crippen LogP contribution in [0.5, 0.6) is 5.75 Å². The van der Waals surface area contributed by atoms with Gasteiger partial charge in [0, 0.05) is 5.56 Å². The Bertz CT molecular complexity index is 868. The van der Waals surface area contributed by atoms with Gasteiger partial charge in [0.1, 0.15) is 11.5 Å². The van der Waals surface area contributed by atoms with E-state index in [9.17, 15) is 0 Å². The third-order valence-electron chi connectivity index (χ3n) is 8.43. The first-order valence-electron chi connectivity index (χ1n) is 15.6. The van der Waals surface area contributed by atoms with E-state index >= 15 is 0 Å². The summed E-state index contributed by atoms with van der Waals surface area (Å²) in [6.45, 7) is 11.1. The highest BCUT2D eigenvalue weighted by Gasteiger charge is 2.22. The first kappa shape index (κ1) is 29.5. The van der Waals surface area contributed by atoms with Gasteiger partial charge in [-0.1, -0.05) is 128 Å². The standard InChI is InChI=1S/C36H54O/c1-5-6-7-12-15-32-19-23-34(24-20-32)35-25-27-36(28-26-35)37-30(4)33-21-17-31(18-22-33)16-13-10-8-9-11-14-29(2)3/h17-18,21-22,25-29,32,34H,4-16,19-20,23-24H2,1-3H3. The van der Waals surface area contributed by atoms with Crippen LogP contribution in [0.2, 0.25) is 0 Å². The zero-order chi connectivity index (χ0) is 26.3. The zero-order valence-corrected chi connectivity index (χ0v) is 24.3. The molecule has 0 N–H and O–H groups in total. The molecule has 1 aliphatic carbocycles. The van der Waals surface area contributed by atoms with Crippen molar-refractivity contribution in [3.05, 3.63) is 71.8 Å². The summed E-state index contributed by atoms with van der Waals surface area (Å²) in [5.74, 6) is 4.14. The summed E-state index contributed by atoms with van der Waals surface area (Å²) in [5.41, 5.74) is 3.96. The fourth-order valence-electron chi connectivity index (χ4n) is 5.92. The Balaban J connectivity index is 1.35. The molecule has 0 atom stereocenters. The molecule has 0 aromatic heterocycles. The molecule has 1 heteroatoms. The van der Waals surface area contributed by atoms with Gasteiger partial charge in [0.25, 0.3) is 0 Å². The van der Waals surface area contributed by atoms with E-state index < -0.39 is 0 Å². The Morgan fingerprint density at radius 1 is 0.784 bits per heavy atom. The maximum atomic E-state index is 6.12. The number of benzene rings is 2. The van der Waals surface area contributed by atoms with Crippen molar-refractivity contribution in [3.8, 4) is 5.75 Å². The molecule has 1 nitrogen and oxygen atoms in total. The minimum absolute atomic E-state index is 0.719. The quantitative estimate of drug-likeness (QED) is 0.154. The van der Waals surface area contributed by atoms with Gasteiger partial charge in [-0.05, 0) is 79.5 Å². The molecule has 0 aliphatic heterocycles. The maximum Gasteiger partial charge on any atom is 0.127 e. The number of rotatable bonds is 17. The van der Waals surface area contributed by atoms with E-state index in [-0.39, 0.29) is 0 Å². The Hall–Kier alpha value is -2.02. The van der Waals surface area contributed by atoms with E-state index in [2.05, 4.69) is 75.9 Å². The van der Waals surface area contributed by atoms with Gasteiger partial charge < -0.3 is 4.74 Å². The Morgan fingerprint density at radius 3 is 2.11 bits per heavy atom. The smallest absolute Gasteiger partial charge is 0.127 e. The molecule has 1 saturated carbocycles. The third kappa shape index (κ3) is 11.1.